The van der Waals surface area contributed by atoms with E-state index in [1.54, 1.807) is 0 Å². The number of fused-ring (bicyclic) bond motifs is 5. The summed E-state index contributed by atoms with van der Waals surface area (Å²) in [5, 5.41) is 0. The second kappa shape index (κ2) is 12.1. The lowest BCUT2D eigenvalue weighted by Gasteiger charge is -2.57. The van der Waals surface area contributed by atoms with Crippen LogP contribution in [0, 0.1) is 65.9 Å². The Morgan fingerprint density at radius 2 is 1.62 bits per heavy atom. The lowest BCUT2D eigenvalue weighted by Crippen LogP contribution is -2.67. The highest BCUT2D eigenvalue weighted by Gasteiger charge is 2.82. The van der Waals surface area contributed by atoms with Gasteiger partial charge >= 0.3 is 0 Å². The lowest BCUT2D eigenvalue weighted by molar-refractivity contribution is -0.115. The number of rotatable bonds is 9. The van der Waals surface area contributed by atoms with E-state index in [0.717, 1.165) is 70.8 Å². The molecule has 0 aliphatic heterocycles. The van der Waals surface area contributed by atoms with E-state index >= 15 is 0 Å². The van der Waals surface area contributed by atoms with Gasteiger partial charge in [0.2, 0.25) is 0 Å². The molecule has 4 heteroatoms. The first-order valence-corrected chi connectivity index (χ1v) is 16.3. The molecule has 0 amide bonds. The first-order valence-electron chi connectivity index (χ1n) is 16.3. The molecular weight excluding hydrogens is 478 g/mol. The van der Waals surface area contributed by atoms with Crippen LogP contribution in [0.5, 0.6) is 0 Å². The van der Waals surface area contributed by atoms with Crippen molar-refractivity contribution in [1.29, 1.82) is 0 Å². The van der Waals surface area contributed by atoms with Crippen LogP contribution in [0.4, 0.5) is 0 Å². The summed E-state index contributed by atoms with van der Waals surface area (Å²) in [4.78, 5) is 9.94. The summed E-state index contributed by atoms with van der Waals surface area (Å²) in [6.07, 6.45) is 23.3. The summed E-state index contributed by atoms with van der Waals surface area (Å²) < 4.78 is 6.32. The maximum absolute atomic E-state index is 6.61. The Morgan fingerprint density at radius 3 is 2.28 bits per heavy atom. The second-order valence-electron chi connectivity index (χ2n) is 14.6. The summed E-state index contributed by atoms with van der Waals surface area (Å²) in [6.45, 7) is 24.3. The molecule has 0 spiro atoms. The van der Waals surface area contributed by atoms with Crippen LogP contribution in [0.25, 0.3) is 9.69 Å². The minimum atomic E-state index is -0.314. The predicted octanol–water partition coefficient (Wildman–Crippen LogP) is 8.41. The van der Waals surface area contributed by atoms with Crippen LogP contribution in [-0.4, -0.2) is 30.3 Å². The van der Waals surface area contributed by atoms with Gasteiger partial charge in [-0.05, 0) is 82.1 Å². The third-order valence-electron chi connectivity index (χ3n) is 12.7. The molecule has 4 nitrogen and oxygen atoms in total. The number of hydrogen-bond donors (Lipinski definition) is 1. The fourth-order valence-electron chi connectivity index (χ4n) is 10.4. The zero-order chi connectivity index (χ0) is 28.3. The SMILES string of the molecule is C#C[C@H](CCCC(C)C)[C@H]1CC[C@@]2([N+]#C)C3CCCCC4CC(OCCCN)CC[C@]4(C)[C@@]3([N+]#C)CC[C@]12C. The van der Waals surface area contributed by atoms with Gasteiger partial charge in [-0.15, -0.1) is 12.3 Å². The van der Waals surface area contributed by atoms with E-state index in [2.05, 4.69) is 33.6 Å². The Hall–Kier alpha value is -1.54. The minimum absolute atomic E-state index is 0.0108. The molecule has 0 radical (unpaired) electrons. The van der Waals surface area contributed by atoms with Crippen molar-refractivity contribution in [3.8, 4) is 25.5 Å². The maximum Gasteiger partial charge on any atom is 0.296 e. The smallest absolute Gasteiger partial charge is 0.296 e. The molecule has 0 aromatic carbocycles. The average molecular weight is 536 g/mol. The standard InChI is InChI=1S/C35H57N3O/c1-8-27(14-11-13-26(2)3)30-18-20-34(37-6)31-16-10-9-15-28-25-29(39-24-12-23-36)17-19-32(28,4)35(31,38-7)22-21-33(30,34)5/h1,6-7,26-31H,9-25,36H2,2-5H3/q+2/t27-,28?,29?,30-,31?,32+,33-,34-,35-/m1/s1. The van der Waals surface area contributed by atoms with Crippen LogP contribution in [0.3, 0.4) is 0 Å². The van der Waals surface area contributed by atoms with Crippen LogP contribution in [0.1, 0.15) is 124 Å². The molecule has 0 heterocycles. The highest BCUT2D eigenvalue weighted by molar-refractivity contribution is 5.34. The largest absolute Gasteiger partial charge is 0.378 e. The zero-order valence-corrected chi connectivity index (χ0v) is 25.6. The number of hydrogen-bond acceptors (Lipinski definition) is 2. The second-order valence-corrected chi connectivity index (χ2v) is 14.6. The fraction of sp³-hybridized carbons (Fsp3) is 0.886. The molecule has 4 fully saturated rings. The summed E-state index contributed by atoms with van der Waals surface area (Å²) in [7, 11) is 0. The maximum atomic E-state index is 6.61. The topological polar surface area (TPSA) is 44.0 Å². The van der Waals surface area contributed by atoms with Crippen molar-refractivity contribution in [3.05, 3.63) is 9.69 Å². The monoisotopic (exact) mass is 535 g/mol. The van der Waals surface area contributed by atoms with E-state index in [4.69, 9.17) is 39.7 Å². The average Bonchev–Trinajstić information content (AvgIpc) is 3.22. The van der Waals surface area contributed by atoms with Crippen molar-refractivity contribution in [1.82, 2.24) is 0 Å². The number of nitrogens with zero attached hydrogens (tertiary/aromatic N) is 2. The molecule has 0 saturated heterocycles. The Labute approximate surface area is 240 Å². The van der Waals surface area contributed by atoms with Crippen molar-refractivity contribution < 1.29 is 4.74 Å². The molecule has 39 heavy (non-hydrogen) atoms. The summed E-state index contributed by atoms with van der Waals surface area (Å²) in [5.41, 5.74) is 5.13. The third kappa shape index (κ3) is 4.96. The van der Waals surface area contributed by atoms with Crippen molar-refractivity contribution in [2.24, 2.45) is 46.2 Å². The van der Waals surface area contributed by atoms with Gasteiger partial charge in [0.15, 0.2) is 0 Å². The lowest BCUT2D eigenvalue weighted by atomic mass is 9.41. The van der Waals surface area contributed by atoms with Crippen molar-refractivity contribution >= 4 is 0 Å². The molecule has 4 aliphatic rings. The molecule has 0 aromatic rings. The zero-order valence-electron chi connectivity index (χ0n) is 25.6. The van der Waals surface area contributed by atoms with Crippen LogP contribution in [-0.2, 0) is 4.74 Å². The van der Waals surface area contributed by atoms with E-state index in [9.17, 15) is 0 Å². The van der Waals surface area contributed by atoms with E-state index in [-0.39, 0.29) is 33.7 Å². The van der Waals surface area contributed by atoms with Gasteiger partial charge in [0, 0.05) is 25.4 Å². The highest BCUT2D eigenvalue weighted by Crippen LogP contribution is 2.72. The summed E-state index contributed by atoms with van der Waals surface area (Å²) in [6, 6.07) is 0. The Kier molecular flexibility index (Phi) is 9.47. The van der Waals surface area contributed by atoms with Gasteiger partial charge < -0.3 is 10.5 Å². The van der Waals surface area contributed by atoms with Gasteiger partial charge in [-0.1, -0.05) is 63.1 Å². The predicted molar refractivity (Wildman–Crippen MR) is 164 cm³/mol. The first-order chi connectivity index (χ1) is 18.7. The summed E-state index contributed by atoms with van der Waals surface area (Å²) in [5.74, 6) is 5.54. The van der Waals surface area contributed by atoms with Crippen molar-refractivity contribution in [2.75, 3.05) is 13.2 Å². The molecule has 0 bridgehead atoms. The Bertz CT molecular complexity index is 972. The number of nitrogens with two attached hydrogens (primary N) is 1. The molecular formula is C35H57N3O+2. The minimum Gasteiger partial charge on any atom is -0.378 e. The highest BCUT2D eigenvalue weighted by atomic mass is 16.5. The van der Waals surface area contributed by atoms with Crippen molar-refractivity contribution in [3.63, 3.8) is 0 Å². The van der Waals surface area contributed by atoms with Gasteiger partial charge in [-0.3, -0.25) is 0 Å². The van der Waals surface area contributed by atoms with Gasteiger partial charge in [0.1, 0.15) is 5.92 Å². The van der Waals surface area contributed by atoms with Crippen LogP contribution >= 0.6 is 0 Å². The van der Waals surface area contributed by atoms with Crippen molar-refractivity contribution in [2.45, 2.75) is 141 Å². The normalized spacial score (nSPS) is 42.5. The molecule has 2 N–H and O–H groups in total. The van der Waals surface area contributed by atoms with Gasteiger partial charge in [0.25, 0.3) is 24.2 Å². The van der Waals surface area contributed by atoms with E-state index in [1.165, 1.54) is 32.1 Å². The number of terminal acetylenes is 1. The molecule has 9 atom stereocenters. The van der Waals surface area contributed by atoms with Gasteiger partial charge in [-0.25, -0.2) is 0 Å². The fourth-order valence-corrected chi connectivity index (χ4v) is 10.4. The number of ether oxygens (including phenoxy) is 1. The van der Waals surface area contributed by atoms with E-state index < -0.39 is 0 Å². The molecule has 216 valence electrons. The quantitative estimate of drug-likeness (QED) is 0.238. The Balaban J connectivity index is 1.67. The van der Waals surface area contributed by atoms with Gasteiger partial charge in [0.05, 0.1) is 16.9 Å². The van der Waals surface area contributed by atoms with E-state index in [0.29, 0.717) is 30.4 Å². The molecule has 4 saturated carbocycles. The molecule has 4 aliphatic carbocycles. The van der Waals surface area contributed by atoms with Gasteiger partial charge in [-0.2, -0.15) is 0 Å². The van der Waals surface area contributed by atoms with Crippen LogP contribution < -0.4 is 5.73 Å². The van der Waals surface area contributed by atoms with E-state index in [1.807, 2.05) is 0 Å². The molecule has 0 aromatic heterocycles. The Morgan fingerprint density at radius 1 is 0.897 bits per heavy atom. The van der Waals surface area contributed by atoms with Crippen LogP contribution in [0.2, 0.25) is 0 Å². The first kappa shape index (κ1) is 30.4. The third-order valence-corrected chi connectivity index (χ3v) is 12.7. The summed E-state index contributed by atoms with van der Waals surface area (Å²) >= 11 is 0. The molecule has 4 rings (SSSR count). The van der Waals surface area contributed by atoms with Crippen LogP contribution in [0.15, 0.2) is 0 Å². The molecule has 3 unspecified atom stereocenters.